The van der Waals surface area contributed by atoms with Gasteiger partial charge < -0.3 is 24.3 Å². The van der Waals surface area contributed by atoms with Crippen LogP contribution in [0.25, 0.3) is 10.9 Å². The monoisotopic (exact) mass is 495 g/mol. The molecule has 188 valence electrons. The summed E-state index contributed by atoms with van der Waals surface area (Å²) in [5.41, 5.74) is 3.60. The molecule has 0 unspecified atom stereocenters. The van der Waals surface area contributed by atoms with E-state index in [1.54, 1.807) is 24.0 Å². The Morgan fingerprint density at radius 3 is 2.43 bits per heavy atom. The molecule has 6 rings (SSSR count). The highest BCUT2D eigenvalue weighted by Crippen LogP contribution is 2.48. The first kappa shape index (κ1) is 23.2. The van der Waals surface area contributed by atoms with Crippen molar-refractivity contribution in [3.8, 4) is 11.5 Å². The maximum Gasteiger partial charge on any atom is 0.255 e. The van der Waals surface area contributed by atoms with Crippen molar-refractivity contribution in [3.63, 3.8) is 0 Å². The number of H-pyrrole nitrogens is 1. The molecule has 1 N–H and O–H groups in total. The minimum Gasteiger partial charge on any atom is -0.497 e. The van der Waals surface area contributed by atoms with E-state index in [1.807, 2.05) is 73.7 Å². The average Bonchev–Trinajstić information content (AvgIpc) is 3.33. The highest BCUT2D eigenvalue weighted by molar-refractivity contribution is 6.01. The molecule has 0 spiro atoms. The molecule has 7 heteroatoms. The van der Waals surface area contributed by atoms with Gasteiger partial charge in [-0.15, -0.1) is 0 Å². The van der Waals surface area contributed by atoms with E-state index in [-0.39, 0.29) is 24.3 Å². The number of nitrogens with zero attached hydrogens (tertiary/aromatic N) is 2. The SMILES string of the molecule is COc1ccc([C@H]2CN3C(=O)CN(Cc4ccccc4OC)C(=O)[C@]3(C)c3[nH]c4ccccc4c32)cc1. The number of aromatic amines is 1. The second-order valence-electron chi connectivity index (χ2n) is 9.83. The Morgan fingerprint density at radius 1 is 0.946 bits per heavy atom. The summed E-state index contributed by atoms with van der Waals surface area (Å²) < 4.78 is 10.9. The summed E-state index contributed by atoms with van der Waals surface area (Å²) in [7, 11) is 3.26. The van der Waals surface area contributed by atoms with Gasteiger partial charge in [-0.25, -0.2) is 0 Å². The Kier molecular flexibility index (Phi) is 5.44. The zero-order valence-corrected chi connectivity index (χ0v) is 21.2. The lowest BCUT2D eigenvalue weighted by Gasteiger charge is -2.51. The number of carbonyl (C=O) groups is 2. The number of ether oxygens (including phenoxy) is 2. The van der Waals surface area contributed by atoms with E-state index >= 15 is 0 Å². The number of aromatic nitrogens is 1. The number of para-hydroxylation sites is 2. The fourth-order valence-electron chi connectivity index (χ4n) is 5.98. The fraction of sp³-hybridized carbons (Fsp3) is 0.267. The van der Waals surface area contributed by atoms with Gasteiger partial charge >= 0.3 is 0 Å². The first-order valence-corrected chi connectivity index (χ1v) is 12.4. The number of hydrogen-bond donors (Lipinski definition) is 1. The van der Waals surface area contributed by atoms with E-state index < -0.39 is 5.54 Å². The van der Waals surface area contributed by atoms with Gasteiger partial charge in [-0.3, -0.25) is 9.59 Å². The number of hydrogen-bond acceptors (Lipinski definition) is 4. The number of rotatable bonds is 5. The van der Waals surface area contributed by atoms with Crippen LogP contribution in [0.3, 0.4) is 0 Å². The Morgan fingerprint density at radius 2 is 1.68 bits per heavy atom. The number of benzene rings is 3. The van der Waals surface area contributed by atoms with E-state index in [0.29, 0.717) is 18.8 Å². The molecule has 1 fully saturated rings. The van der Waals surface area contributed by atoms with Crippen LogP contribution in [0.5, 0.6) is 11.5 Å². The van der Waals surface area contributed by atoms with Crippen LogP contribution in [0, 0.1) is 0 Å². The molecule has 1 saturated heterocycles. The van der Waals surface area contributed by atoms with Gasteiger partial charge in [0.25, 0.3) is 5.91 Å². The highest BCUT2D eigenvalue weighted by Gasteiger charge is 2.56. The highest BCUT2D eigenvalue weighted by atomic mass is 16.5. The van der Waals surface area contributed by atoms with Crippen LogP contribution < -0.4 is 9.47 Å². The molecule has 0 radical (unpaired) electrons. The Balaban J connectivity index is 1.48. The summed E-state index contributed by atoms with van der Waals surface area (Å²) in [5, 5.41) is 1.07. The Bertz CT molecular complexity index is 1510. The summed E-state index contributed by atoms with van der Waals surface area (Å²) in [5.74, 6) is 1.23. The van der Waals surface area contributed by atoms with Crippen LogP contribution in [0.2, 0.25) is 0 Å². The summed E-state index contributed by atoms with van der Waals surface area (Å²) in [4.78, 5) is 34.9. The summed E-state index contributed by atoms with van der Waals surface area (Å²) in [6.07, 6.45) is 0. The number of fused-ring (bicyclic) bond motifs is 5. The second-order valence-corrected chi connectivity index (χ2v) is 9.83. The third-order valence-electron chi connectivity index (χ3n) is 7.89. The lowest BCUT2D eigenvalue weighted by Crippen LogP contribution is -2.67. The predicted molar refractivity (Wildman–Crippen MR) is 141 cm³/mol. The van der Waals surface area contributed by atoms with Crippen molar-refractivity contribution in [2.45, 2.75) is 24.9 Å². The molecule has 7 nitrogen and oxygen atoms in total. The maximum absolute atomic E-state index is 14.3. The minimum atomic E-state index is -1.14. The molecule has 0 aliphatic carbocycles. The lowest BCUT2D eigenvalue weighted by molar-refractivity contribution is -0.166. The van der Waals surface area contributed by atoms with Crippen molar-refractivity contribution < 1.29 is 19.1 Å². The first-order valence-electron chi connectivity index (χ1n) is 12.4. The zero-order valence-electron chi connectivity index (χ0n) is 21.2. The maximum atomic E-state index is 14.3. The van der Waals surface area contributed by atoms with Crippen LogP contribution in [0.15, 0.2) is 72.8 Å². The molecule has 3 heterocycles. The molecule has 2 atom stereocenters. The molecule has 3 aromatic carbocycles. The average molecular weight is 496 g/mol. The van der Waals surface area contributed by atoms with Crippen LogP contribution >= 0.6 is 0 Å². The van der Waals surface area contributed by atoms with Gasteiger partial charge in [0, 0.05) is 35.5 Å². The topological polar surface area (TPSA) is 74.9 Å². The largest absolute Gasteiger partial charge is 0.497 e. The van der Waals surface area contributed by atoms with Crippen molar-refractivity contribution in [1.82, 2.24) is 14.8 Å². The molecule has 37 heavy (non-hydrogen) atoms. The van der Waals surface area contributed by atoms with E-state index in [4.69, 9.17) is 9.47 Å². The molecule has 2 aliphatic heterocycles. The van der Waals surface area contributed by atoms with Crippen molar-refractivity contribution in [1.29, 1.82) is 0 Å². The Hall–Kier alpha value is -4.26. The van der Waals surface area contributed by atoms with Crippen molar-refractivity contribution in [2.75, 3.05) is 27.3 Å². The Labute approximate surface area is 215 Å². The van der Waals surface area contributed by atoms with E-state index in [1.165, 1.54) is 0 Å². The van der Waals surface area contributed by atoms with Gasteiger partial charge in [0.2, 0.25) is 5.91 Å². The van der Waals surface area contributed by atoms with Crippen molar-refractivity contribution >= 4 is 22.7 Å². The molecule has 0 saturated carbocycles. The summed E-state index contributed by atoms with van der Waals surface area (Å²) >= 11 is 0. The van der Waals surface area contributed by atoms with E-state index in [9.17, 15) is 9.59 Å². The van der Waals surface area contributed by atoms with Crippen molar-refractivity contribution in [2.24, 2.45) is 0 Å². The number of amides is 2. The van der Waals surface area contributed by atoms with Gasteiger partial charge in [0.05, 0.1) is 19.9 Å². The minimum absolute atomic E-state index is 0.0252. The van der Waals surface area contributed by atoms with Gasteiger partial charge in [-0.05, 0) is 42.3 Å². The predicted octanol–water partition coefficient (Wildman–Crippen LogP) is 4.42. The molecular weight excluding hydrogens is 466 g/mol. The van der Waals surface area contributed by atoms with Crippen LogP contribution in [0.4, 0.5) is 0 Å². The smallest absolute Gasteiger partial charge is 0.255 e. The molecule has 1 aromatic heterocycles. The van der Waals surface area contributed by atoms with Gasteiger partial charge in [0.1, 0.15) is 18.0 Å². The first-order chi connectivity index (χ1) is 18.0. The molecule has 2 aliphatic rings. The number of piperazine rings is 1. The molecular formula is C30H29N3O4. The van der Waals surface area contributed by atoms with E-state index in [0.717, 1.165) is 39.0 Å². The number of nitrogens with one attached hydrogen (secondary N) is 1. The van der Waals surface area contributed by atoms with Gasteiger partial charge in [-0.2, -0.15) is 0 Å². The normalized spacial score (nSPS) is 21.1. The number of methoxy groups -OCH3 is 2. The quantitative estimate of drug-likeness (QED) is 0.445. The number of carbonyl (C=O) groups excluding carboxylic acids is 2. The van der Waals surface area contributed by atoms with E-state index in [2.05, 4.69) is 11.1 Å². The second kappa shape index (κ2) is 8.69. The van der Waals surface area contributed by atoms with Crippen LogP contribution in [-0.4, -0.2) is 53.9 Å². The lowest BCUT2D eigenvalue weighted by atomic mass is 9.76. The standard InChI is InChI=1S/C30H29N3O4/c1-30-28-27(22-9-5-6-10-24(22)31-28)23(19-12-14-21(36-2)15-13-19)17-33(30)26(34)18-32(29(30)35)16-20-8-4-7-11-25(20)37-3/h4-15,23,31H,16-18H2,1-3H3/t23-,30+/m1/s1. The molecule has 0 bridgehead atoms. The molecule has 2 amide bonds. The third kappa shape index (κ3) is 3.49. The van der Waals surface area contributed by atoms with Crippen LogP contribution in [-0.2, 0) is 21.7 Å². The third-order valence-corrected chi connectivity index (χ3v) is 7.89. The van der Waals surface area contributed by atoms with Crippen LogP contribution in [0.1, 0.15) is 35.2 Å². The van der Waals surface area contributed by atoms with Gasteiger partial charge in [-0.1, -0.05) is 48.5 Å². The molecule has 4 aromatic rings. The van der Waals surface area contributed by atoms with Crippen molar-refractivity contribution in [3.05, 3.63) is 95.2 Å². The summed E-state index contributed by atoms with van der Waals surface area (Å²) in [6.45, 7) is 2.62. The fourth-order valence-corrected chi connectivity index (χ4v) is 5.98. The summed E-state index contributed by atoms with van der Waals surface area (Å²) in [6, 6.07) is 23.7. The zero-order chi connectivity index (χ0) is 25.7. The van der Waals surface area contributed by atoms with Gasteiger partial charge in [0.15, 0.2) is 5.54 Å².